The van der Waals surface area contributed by atoms with Crippen LogP contribution in [0.5, 0.6) is 0 Å². The Bertz CT molecular complexity index is 202. The van der Waals surface area contributed by atoms with E-state index in [1.165, 1.54) is 6.42 Å². The maximum Gasteiger partial charge on any atom is 0.223 e. The van der Waals surface area contributed by atoms with Crippen LogP contribution in [0.4, 0.5) is 0 Å². The third-order valence-corrected chi connectivity index (χ3v) is 3.49. The molecule has 1 amide bonds. The molecular formula is C10H19NO2S. The van der Waals surface area contributed by atoms with Gasteiger partial charge in [-0.15, -0.1) is 0 Å². The standard InChI is InChI=1S/C10H19NO2S/c1-10(13,7-14-2)6-11-9(12)8-4-3-5-8/h8,13H,3-7H2,1-2H3,(H,11,12). The van der Waals surface area contributed by atoms with Crippen molar-refractivity contribution in [3.8, 4) is 0 Å². The maximum absolute atomic E-state index is 11.4. The van der Waals surface area contributed by atoms with Gasteiger partial charge in [-0.1, -0.05) is 6.42 Å². The van der Waals surface area contributed by atoms with Crippen molar-refractivity contribution in [1.29, 1.82) is 0 Å². The van der Waals surface area contributed by atoms with Crippen molar-refractivity contribution in [2.24, 2.45) is 5.92 Å². The largest absolute Gasteiger partial charge is 0.387 e. The van der Waals surface area contributed by atoms with E-state index in [0.717, 1.165) is 12.8 Å². The first-order valence-electron chi connectivity index (χ1n) is 5.04. The highest BCUT2D eigenvalue weighted by Gasteiger charge is 2.27. The Kier molecular flexibility index (Phi) is 4.26. The molecule has 0 saturated heterocycles. The number of nitrogens with one attached hydrogen (secondary N) is 1. The quantitative estimate of drug-likeness (QED) is 0.723. The predicted octanol–water partition coefficient (Wildman–Crippen LogP) is 1.02. The first kappa shape index (κ1) is 11.9. The SMILES string of the molecule is CSCC(C)(O)CNC(=O)C1CCC1. The average Bonchev–Trinajstić information content (AvgIpc) is 1.98. The van der Waals surface area contributed by atoms with Crippen LogP contribution in [0.25, 0.3) is 0 Å². The highest BCUT2D eigenvalue weighted by atomic mass is 32.2. The highest BCUT2D eigenvalue weighted by molar-refractivity contribution is 7.98. The van der Waals surface area contributed by atoms with E-state index in [0.29, 0.717) is 12.3 Å². The molecule has 0 aromatic heterocycles. The summed E-state index contributed by atoms with van der Waals surface area (Å²) in [5.74, 6) is 0.968. The van der Waals surface area contributed by atoms with Gasteiger partial charge in [0.25, 0.3) is 0 Å². The molecule has 4 heteroatoms. The van der Waals surface area contributed by atoms with E-state index in [9.17, 15) is 9.90 Å². The molecule has 1 aliphatic rings. The normalized spacial score (nSPS) is 21.1. The van der Waals surface area contributed by atoms with Crippen LogP contribution in [0.15, 0.2) is 0 Å². The van der Waals surface area contributed by atoms with Crippen LogP contribution < -0.4 is 5.32 Å². The molecule has 1 atom stereocenters. The van der Waals surface area contributed by atoms with Gasteiger partial charge in [-0.05, 0) is 26.0 Å². The third kappa shape index (κ3) is 3.50. The molecule has 0 heterocycles. The summed E-state index contributed by atoms with van der Waals surface area (Å²) < 4.78 is 0. The first-order valence-corrected chi connectivity index (χ1v) is 6.43. The van der Waals surface area contributed by atoms with Crippen LogP contribution in [0, 0.1) is 5.92 Å². The molecule has 1 saturated carbocycles. The third-order valence-electron chi connectivity index (χ3n) is 2.57. The molecule has 0 aliphatic heterocycles. The summed E-state index contributed by atoms with van der Waals surface area (Å²) in [6, 6.07) is 0. The lowest BCUT2D eigenvalue weighted by atomic mass is 9.85. The van der Waals surface area contributed by atoms with Gasteiger partial charge in [0.05, 0.1) is 5.60 Å². The van der Waals surface area contributed by atoms with Gasteiger partial charge < -0.3 is 10.4 Å². The number of carbonyl (C=O) groups excluding carboxylic acids is 1. The molecule has 1 unspecified atom stereocenters. The zero-order chi connectivity index (χ0) is 10.6. The number of aliphatic hydroxyl groups is 1. The van der Waals surface area contributed by atoms with Crippen LogP contribution in [-0.2, 0) is 4.79 Å². The molecule has 1 fully saturated rings. The Hall–Kier alpha value is -0.220. The molecule has 1 aliphatic carbocycles. The number of amides is 1. The number of rotatable bonds is 5. The van der Waals surface area contributed by atoms with E-state index in [4.69, 9.17) is 0 Å². The molecule has 1 rings (SSSR count). The Morgan fingerprint density at radius 2 is 2.29 bits per heavy atom. The molecule has 0 aromatic carbocycles. The summed E-state index contributed by atoms with van der Waals surface area (Å²) in [6.07, 6.45) is 5.13. The van der Waals surface area contributed by atoms with Crippen LogP contribution in [0.1, 0.15) is 26.2 Å². The van der Waals surface area contributed by atoms with Crippen molar-refractivity contribution < 1.29 is 9.90 Å². The minimum absolute atomic E-state index is 0.109. The summed E-state index contributed by atoms with van der Waals surface area (Å²) in [5.41, 5.74) is -0.779. The van der Waals surface area contributed by atoms with Crippen LogP contribution >= 0.6 is 11.8 Å². The molecule has 0 radical (unpaired) electrons. The number of hydrogen-bond donors (Lipinski definition) is 2. The van der Waals surface area contributed by atoms with Gasteiger partial charge in [0, 0.05) is 18.2 Å². The molecule has 82 valence electrons. The van der Waals surface area contributed by atoms with E-state index in [2.05, 4.69) is 5.32 Å². The Balaban J connectivity index is 2.21. The fourth-order valence-corrected chi connectivity index (χ4v) is 2.18. The highest BCUT2D eigenvalue weighted by Crippen LogP contribution is 2.26. The monoisotopic (exact) mass is 217 g/mol. The molecule has 14 heavy (non-hydrogen) atoms. The van der Waals surface area contributed by atoms with Crippen molar-refractivity contribution in [2.75, 3.05) is 18.6 Å². The van der Waals surface area contributed by atoms with Gasteiger partial charge in [0.1, 0.15) is 0 Å². The van der Waals surface area contributed by atoms with Crippen molar-refractivity contribution in [3.63, 3.8) is 0 Å². The molecule has 0 bridgehead atoms. The lowest BCUT2D eigenvalue weighted by Gasteiger charge is -2.27. The first-order chi connectivity index (χ1) is 6.55. The summed E-state index contributed by atoms with van der Waals surface area (Å²) in [4.78, 5) is 11.4. The Morgan fingerprint density at radius 1 is 1.64 bits per heavy atom. The minimum Gasteiger partial charge on any atom is -0.387 e. The predicted molar refractivity (Wildman–Crippen MR) is 59.4 cm³/mol. The summed E-state index contributed by atoms with van der Waals surface area (Å²) in [5, 5.41) is 12.6. The smallest absolute Gasteiger partial charge is 0.223 e. The van der Waals surface area contributed by atoms with Crippen LogP contribution in [0.2, 0.25) is 0 Å². The molecule has 3 nitrogen and oxygen atoms in total. The topological polar surface area (TPSA) is 49.3 Å². The maximum atomic E-state index is 11.4. The van der Waals surface area contributed by atoms with E-state index < -0.39 is 5.60 Å². The van der Waals surface area contributed by atoms with Gasteiger partial charge in [-0.2, -0.15) is 11.8 Å². The van der Waals surface area contributed by atoms with Crippen molar-refractivity contribution in [3.05, 3.63) is 0 Å². The summed E-state index contributed by atoms with van der Waals surface area (Å²) in [7, 11) is 0. The van der Waals surface area contributed by atoms with Crippen molar-refractivity contribution in [1.82, 2.24) is 5.32 Å². The lowest BCUT2D eigenvalue weighted by molar-refractivity contribution is -0.128. The Labute approximate surface area is 89.6 Å². The molecule has 0 aromatic rings. The van der Waals surface area contributed by atoms with E-state index in [1.54, 1.807) is 18.7 Å². The summed E-state index contributed by atoms with van der Waals surface area (Å²) >= 11 is 1.59. The zero-order valence-electron chi connectivity index (χ0n) is 8.88. The van der Waals surface area contributed by atoms with Gasteiger partial charge in [-0.3, -0.25) is 4.79 Å². The Morgan fingerprint density at radius 3 is 2.71 bits per heavy atom. The van der Waals surface area contributed by atoms with E-state index in [1.807, 2.05) is 6.26 Å². The summed E-state index contributed by atoms with van der Waals surface area (Å²) in [6.45, 7) is 2.12. The average molecular weight is 217 g/mol. The van der Waals surface area contributed by atoms with Crippen LogP contribution in [0.3, 0.4) is 0 Å². The van der Waals surface area contributed by atoms with Gasteiger partial charge in [-0.25, -0.2) is 0 Å². The fourth-order valence-electron chi connectivity index (χ4n) is 1.45. The molecule has 0 spiro atoms. The second kappa shape index (κ2) is 5.03. The number of thioether (sulfide) groups is 1. The van der Waals surface area contributed by atoms with Gasteiger partial charge in [0.15, 0.2) is 0 Å². The minimum atomic E-state index is -0.779. The fraction of sp³-hybridized carbons (Fsp3) is 0.900. The molecular weight excluding hydrogens is 198 g/mol. The van der Waals surface area contributed by atoms with Gasteiger partial charge in [0.2, 0.25) is 5.91 Å². The van der Waals surface area contributed by atoms with E-state index in [-0.39, 0.29) is 11.8 Å². The lowest BCUT2D eigenvalue weighted by Crippen LogP contribution is -2.45. The number of carbonyl (C=O) groups is 1. The van der Waals surface area contributed by atoms with Gasteiger partial charge >= 0.3 is 0 Å². The number of hydrogen-bond acceptors (Lipinski definition) is 3. The van der Waals surface area contributed by atoms with E-state index >= 15 is 0 Å². The zero-order valence-corrected chi connectivity index (χ0v) is 9.69. The van der Waals surface area contributed by atoms with Crippen LogP contribution in [-0.4, -0.2) is 35.2 Å². The second-order valence-electron chi connectivity index (χ2n) is 4.28. The molecule has 2 N–H and O–H groups in total. The second-order valence-corrected chi connectivity index (χ2v) is 5.14. The van der Waals surface area contributed by atoms with Crippen molar-refractivity contribution >= 4 is 17.7 Å². The van der Waals surface area contributed by atoms with Crippen molar-refractivity contribution in [2.45, 2.75) is 31.8 Å².